The first kappa shape index (κ1) is 17.1. The van der Waals surface area contributed by atoms with Crippen molar-refractivity contribution in [2.24, 2.45) is 0 Å². The van der Waals surface area contributed by atoms with E-state index in [1.807, 2.05) is 13.0 Å². The molecule has 1 aliphatic rings. The highest BCUT2D eigenvalue weighted by molar-refractivity contribution is 7.89. The molecule has 2 aromatic rings. The lowest BCUT2D eigenvalue weighted by Crippen LogP contribution is -2.25. The van der Waals surface area contributed by atoms with Crippen molar-refractivity contribution in [3.8, 4) is 0 Å². The molecule has 1 N–H and O–H groups in total. The second-order valence-electron chi connectivity index (χ2n) is 5.76. The van der Waals surface area contributed by atoms with Gasteiger partial charge < -0.3 is 4.90 Å². The second kappa shape index (κ2) is 7.04. The van der Waals surface area contributed by atoms with Crippen molar-refractivity contribution >= 4 is 27.4 Å². The zero-order chi connectivity index (χ0) is 17.2. The summed E-state index contributed by atoms with van der Waals surface area (Å²) in [7, 11) is -3.66. The van der Waals surface area contributed by atoms with Gasteiger partial charge >= 0.3 is 0 Å². The number of nitrogens with zero attached hydrogens (tertiary/aromatic N) is 3. The molecule has 8 heteroatoms. The van der Waals surface area contributed by atoms with Crippen molar-refractivity contribution < 1.29 is 8.42 Å². The second-order valence-corrected chi connectivity index (χ2v) is 7.93. The molecule has 1 aromatic heterocycles. The molecule has 1 aromatic carbocycles. The molecule has 0 atom stereocenters. The molecule has 0 spiro atoms. The third-order valence-electron chi connectivity index (χ3n) is 3.99. The fraction of sp³-hybridized carbons (Fsp3) is 0.375. The molecule has 24 heavy (non-hydrogen) atoms. The van der Waals surface area contributed by atoms with E-state index in [-0.39, 0.29) is 11.4 Å². The summed E-state index contributed by atoms with van der Waals surface area (Å²) in [5.74, 6) is 1.29. The lowest BCUT2D eigenvalue weighted by molar-refractivity contribution is 0.579. The van der Waals surface area contributed by atoms with Gasteiger partial charge in [0.25, 0.3) is 0 Å². The van der Waals surface area contributed by atoms with E-state index in [2.05, 4.69) is 19.6 Å². The first-order valence-corrected chi connectivity index (χ1v) is 9.64. The van der Waals surface area contributed by atoms with E-state index in [0.29, 0.717) is 10.8 Å². The van der Waals surface area contributed by atoms with Crippen LogP contribution in [0.1, 0.15) is 24.2 Å². The van der Waals surface area contributed by atoms with Gasteiger partial charge in [-0.1, -0.05) is 17.7 Å². The minimum absolute atomic E-state index is 0.0372. The van der Waals surface area contributed by atoms with Gasteiger partial charge in [0.1, 0.15) is 11.6 Å². The normalized spacial score (nSPS) is 15.0. The minimum Gasteiger partial charge on any atom is -0.357 e. The molecule has 0 radical (unpaired) electrons. The molecular weight excluding hydrogens is 348 g/mol. The van der Waals surface area contributed by atoms with E-state index >= 15 is 0 Å². The summed E-state index contributed by atoms with van der Waals surface area (Å²) in [5.41, 5.74) is 0.831. The molecule has 1 aliphatic heterocycles. The first-order valence-electron chi connectivity index (χ1n) is 7.78. The fourth-order valence-electron chi connectivity index (χ4n) is 2.58. The van der Waals surface area contributed by atoms with Crippen LogP contribution in [0, 0.1) is 6.92 Å². The van der Waals surface area contributed by atoms with Crippen LogP contribution >= 0.6 is 11.6 Å². The van der Waals surface area contributed by atoms with Crippen molar-refractivity contribution in [3.05, 3.63) is 46.9 Å². The smallest absolute Gasteiger partial charge is 0.241 e. The zero-order valence-corrected chi connectivity index (χ0v) is 14.9. The van der Waals surface area contributed by atoms with Crippen LogP contribution in [-0.4, -0.2) is 31.5 Å². The lowest BCUT2D eigenvalue weighted by Gasteiger charge is -2.16. The maximum atomic E-state index is 12.4. The molecule has 0 unspecified atom stereocenters. The number of rotatable bonds is 5. The van der Waals surface area contributed by atoms with Crippen LogP contribution in [0.2, 0.25) is 5.02 Å². The van der Waals surface area contributed by atoms with Crippen molar-refractivity contribution in [2.45, 2.75) is 31.2 Å². The molecule has 128 valence electrons. The number of aryl methyl sites for hydroxylation is 1. The van der Waals surface area contributed by atoms with Crippen molar-refractivity contribution in [1.29, 1.82) is 0 Å². The first-order chi connectivity index (χ1) is 11.5. The van der Waals surface area contributed by atoms with Crippen LogP contribution < -0.4 is 9.62 Å². The minimum atomic E-state index is -3.66. The Kier molecular flexibility index (Phi) is 5.03. The summed E-state index contributed by atoms with van der Waals surface area (Å²) < 4.78 is 27.3. The number of benzene rings is 1. The molecule has 0 aliphatic carbocycles. The fourth-order valence-corrected chi connectivity index (χ4v) is 3.83. The van der Waals surface area contributed by atoms with Gasteiger partial charge in [-0.05, 0) is 43.5 Å². The van der Waals surface area contributed by atoms with E-state index in [1.165, 1.54) is 12.1 Å². The Morgan fingerprint density at radius 2 is 2.00 bits per heavy atom. The molecule has 1 saturated heterocycles. The largest absolute Gasteiger partial charge is 0.357 e. The predicted octanol–water partition coefficient (Wildman–Crippen LogP) is 2.52. The highest BCUT2D eigenvalue weighted by atomic mass is 35.5. The molecular formula is C16H19ClN4O2S. The quantitative estimate of drug-likeness (QED) is 0.880. The number of nitrogens with one attached hydrogen (secondary N) is 1. The van der Waals surface area contributed by atoms with Crippen molar-refractivity contribution in [1.82, 2.24) is 14.7 Å². The van der Waals surface area contributed by atoms with Crippen LogP contribution in [-0.2, 0) is 16.6 Å². The van der Waals surface area contributed by atoms with Gasteiger partial charge in [-0.3, -0.25) is 0 Å². The van der Waals surface area contributed by atoms with Crippen LogP contribution in [0.5, 0.6) is 0 Å². The Labute approximate surface area is 146 Å². The van der Waals surface area contributed by atoms with Gasteiger partial charge in [0, 0.05) is 24.3 Å². The summed E-state index contributed by atoms with van der Waals surface area (Å²) in [6.07, 6.45) is 3.97. The molecule has 0 bridgehead atoms. The standard InChI is InChI=1S/C16H19ClN4O2S/c1-12-4-5-13(10-14(12)17)24(22,23)19-11-15-18-7-6-16(20-15)21-8-2-3-9-21/h4-7,10,19H,2-3,8-9,11H2,1H3. The van der Waals surface area contributed by atoms with Crippen LogP contribution in [0.4, 0.5) is 5.82 Å². The van der Waals surface area contributed by atoms with Crippen LogP contribution in [0.3, 0.4) is 0 Å². The number of sulfonamides is 1. The Morgan fingerprint density at radius 1 is 1.25 bits per heavy atom. The summed E-state index contributed by atoms with van der Waals surface area (Å²) >= 11 is 6.01. The molecule has 2 heterocycles. The summed E-state index contributed by atoms with van der Waals surface area (Å²) in [5, 5.41) is 0.421. The van der Waals surface area contributed by atoms with E-state index < -0.39 is 10.0 Å². The molecule has 3 rings (SSSR count). The molecule has 0 saturated carbocycles. The summed E-state index contributed by atoms with van der Waals surface area (Å²) in [6, 6.07) is 6.51. The van der Waals surface area contributed by atoms with Gasteiger partial charge in [0.15, 0.2) is 0 Å². The number of aromatic nitrogens is 2. The molecule has 1 fully saturated rings. The number of halogens is 1. The lowest BCUT2D eigenvalue weighted by atomic mass is 10.2. The van der Waals surface area contributed by atoms with Gasteiger partial charge in [-0.2, -0.15) is 0 Å². The molecule has 0 amide bonds. The molecule has 6 nitrogen and oxygen atoms in total. The maximum Gasteiger partial charge on any atom is 0.241 e. The van der Waals surface area contributed by atoms with E-state index in [9.17, 15) is 8.42 Å². The van der Waals surface area contributed by atoms with Crippen molar-refractivity contribution in [2.75, 3.05) is 18.0 Å². The van der Waals surface area contributed by atoms with E-state index in [0.717, 1.165) is 37.3 Å². The third kappa shape index (κ3) is 3.85. The van der Waals surface area contributed by atoms with Gasteiger partial charge in [-0.25, -0.2) is 23.1 Å². The highest BCUT2D eigenvalue weighted by Crippen LogP contribution is 2.20. The van der Waals surface area contributed by atoms with Crippen LogP contribution in [0.25, 0.3) is 0 Å². The number of hydrogen-bond acceptors (Lipinski definition) is 5. The van der Waals surface area contributed by atoms with Crippen LogP contribution in [0.15, 0.2) is 35.4 Å². The van der Waals surface area contributed by atoms with E-state index in [4.69, 9.17) is 11.6 Å². The van der Waals surface area contributed by atoms with Gasteiger partial charge in [-0.15, -0.1) is 0 Å². The zero-order valence-electron chi connectivity index (χ0n) is 13.4. The van der Waals surface area contributed by atoms with Crippen molar-refractivity contribution in [3.63, 3.8) is 0 Å². The topological polar surface area (TPSA) is 75.2 Å². The average Bonchev–Trinajstić information content (AvgIpc) is 3.10. The third-order valence-corrected chi connectivity index (χ3v) is 5.80. The number of anilines is 1. The SMILES string of the molecule is Cc1ccc(S(=O)(=O)NCc2nccc(N3CCCC3)n2)cc1Cl. The Balaban J connectivity index is 1.72. The van der Waals surface area contributed by atoms with Gasteiger partial charge in [0.2, 0.25) is 10.0 Å². The maximum absolute atomic E-state index is 12.4. The average molecular weight is 367 g/mol. The monoisotopic (exact) mass is 366 g/mol. The van der Waals surface area contributed by atoms with Gasteiger partial charge in [0.05, 0.1) is 11.4 Å². The van der Waals surface area contributed by atoms with E-state index in [1.54, 1.807) is 12.3 Å². The summed E-state index contributed by atoms with van der Waals surface area (Å²) in [4.78, 5) is 10.9. The Morgan fingerprint density at radius 3 is 2.71 bits per heavy atom. The highest BCUT2D eigenvalue weighted by Gasteiger charge is 2.17. The summed E-state index contributed by atoms with van der Waals surface area (Å²) in [6.45, 7) is 3.81. The number of hydrogen-bond donors (Lipinski definition) is 1. The Bertz CT molecular complexity index is 836. The Hall–Kier alpha value is -1.70. The predicted molar refractivity (Wildman–Crippen MR) is 93.7 cm³/mol.